The van der Waals surface area contributed by atoms with E-state index in [9.17, 15) is 4.79 Å². The lowest BCUT2D eigenvalue weighted by atomic mass is 10.0. The average molecular weight is 347 g/mol. The van der Waals surface area contributed by atoms with E-state index in [1.807, 2.05) is 19.3 Å². The summed E-state index contributed by atoms with van der Waals surface area (Å²) in [5, 5.41) is 5.02. The SMILES string of the molecule is CCCN1C=C(C)C(NCC(=O)OC)C2=C1N1CN(OC)C=C1C=N2. The summed E-state index contributed by atoms with van der Waals surface area (Å²) in [5.41, 5.74) is 3.01. The van der Waals surface area contributed by atoms with Gasteiger partial charge in [0.1, 0.15) is 18.2 Å². The lowest BCUT2D eigenvalue weighted by Crippen LogP contribution is -2.46. The molecular formula is C17H25N5O3. The fourth-order valence-electron chi connectivity index (χ4n) is 3.24. The number of ether oxygens (including phenoxy) is 1. The Balaban J connectivity index is 1.92. The minimum absolute atomic E-state index is 0.128. The number of nitrogens with zero attached hydrogens (tertiary/aromatic N) is 4. The molecule has 3 aliphatic rings. The van der Waals surface area contributed by atoms with Gasteiger partial charge in [0.05, 0.1) is 44.9 Å². The van der Waals surface area contributed by atoms with Crippen molar-refractivity contribution >= 4 is 12.2 Å². The summed E-state index contributed by atoms with van der Waals surface area (Å²) >= 11 is 0. The van der Waals surface area contributed by atoms with Gasteiger partial charge in [-0.05, 0) is 18.9 Å². The van der Waals surface area contributed by atoms with E-state index in [2.05, 4.69) is 28.2 Å². The van der Waals surface area contributed by atoms with E-state index in [1.54, 1.807) is 12.2 Å². The number of carbonyl (C=O) groups is 1. The summed E-state index contributed by atoms with van der Waals surface area (Å²) in [6, 6.07) is -0.128. The number of allylic oxidation sites excluding steroid dienone is 1. The molecule has 1 atom stereocenters. The molecule has 3 aliphatic heterocycles. The van der Waals surface area contributed by atoms with Crippen LogP contribution in [0.25, 0.3) is 0 Å². The molecule has 0 aromatic rings. The van der Waals surface area contributed by atoms with Crippen molar-refractivity contribution in [1.82, 2.24) is 20.2 Å². The van der Waals surface area contributed by atoms with Crippen LogP contribution >= 0.6 is 0 Å². The zero-order chi connectivity index (χ0) is 18.0. The van der Waals surface area contributed by atoms with Gasteiger partial charge >= 0.3 is 5.97 Å². The highest BCUT2D eigenvalue weighted by Crippen LogP contribution is 2.35. The van der Waals surface area contributed by atoms with E-state index in [1.165, 1.54) is 7.11 Å². The van der Waals surface area contributed by atoms with Crippen LogP contribution in [0.2, 0.25) is 0 Å². The molecule has 1 N–H and O–H groups in total. The molecule has 3 rings (SSSR count). The number of aliphatic imine (C=N–C) groups is 1. The molecule has 0 aromatic carbocycles. The Hall–Kier alpha value is -2.32. The first-order valence-corrected chi connectivity index (χ1v) is 8.42. The molecule has 8 nitrogen and oxygen atoms in total. The standard InChI is InChI=1S/C17H25N5O3/c1-5-6-20-9-12(2)15(19-8-14(23)24-3)16-17(20)22-11-21(25-4)10-13(22)7-18-16/h7,9-10,15,19H,5-6,8,11H2,1-4H3. The van der Waals surface area contributed by atoms with Crippen LogP contribution in [0.4, 0.5) is 0 Å². The Morgan fingerprint density at radius 2 is 2.20 bits per heavy atom. The van der Waals surface area contributed by atoms with Gasteiger partial charge in [-0.3, -0.25) is 19.9 Å². The average Bonchev–Trinajstić information content (AvgIpc) is 3.04. The number of hydrogen-bond acceptors (Lipinski definition) is 8. The highest BCUT2D eigenvalue weighted by atomic mass is 16.7. The maximum absolute atomic E-state index is 11.5. The molecule has 0 radical (unpaired) electrons. The molecule has 3 heterocycles. The molecule has 0 spiro atoms. The number of carbonyl (C=O) groups excluding carboxylic acids is 1. The summed E-state index contributed by atoms with van der Waals surface area (Å²) in [4.78, 5) is 26.0. The lowest BCUT2D eigenvalue weighted by Gasteiger charge is -2.40. The van der Waals surface area contributed by atoms with Gasteiger partial charge in [0.2, 0.25) is 0 Å². The minimum atomic E-state index is -0.293. The third-order valence-corrected chi connectivity index (χ3v) is 4.43. The Kier molecular flexibility index (Phi) is 5.10. The molecular weight excluding hydrogens is 322 g/mol. The van der Waals surface area contributed by atoms with Gasteiger partial charge in [-0.15, -0.1) is 0 Å². The summed E-state index contributed by atoms with van der Waals surface area (Å²) in [6.07, 6.45) is 6.92. The topological polar surface area (TPSA) is 69.6 Å². The molecule has 0 saturated heterocycles. The summed E-state index contributed by atoms with van der Waals surface area (Å²) in [5.74, 6) is 0.737. The molecule has 0 amide bonds. The van der Waals surface area contributed by atoms with Crippen LogP contribution in [0, 0.1) is 0 Å². The van der Waals surface area contributed by atoms with Crippen LogP contribution in [-0.4, -0.2) is 67.1 Å². The normalized spacial score (nSPS) is 21.9. The molecule has 0 fully saturated rings. The van der Waals surface area contributed by atoms with Gasteiger partial charge in [-0.1, -0.05) is 6.92 Å². The van der Waals surface area contributed by atoms with Crippen LogP contribution in [-0.2, 0) is 14.4 Å². The second-order valence-corrected chi connectivity index (χ2v) is 6.15. The number of esters is 1. The molecule has 8 heteroatoms. The summed E-state index contributed by atoms with van der Waals surface area (Å²) in [6.45, 7) is 5.84. The van der Waals surface area contributed by atoms with Crippen molar-refractivity contribution in [2.24, 2.45) is 4.99 Å². The van der Waals surface area contributed by atoms with E-state index in [0.717, 1.165) is 35.8 Å². The maximum Gasteiger partial charge on any atom is 0.319 e. The van der Waals surface area contributed by atoms with Crippen LogP contribution in [0.15, 0.2) is 40.2 Å². The third-order valence-electron chi connectivity index (χ3n) is 4.43. The number of rotatable bonds is 6. The third kappa shape index (κ3) is 3.27. The number of methoxy groups -OCH3 is 1. The fourth-order valence-corrected chi connectivity index (χ4v) is 3.24. The number of hydrogen-bond donors (Lipinski definition) is 1. The minimum Gasteiger partial charge on any atom is -0.468 e. The highest BCUT2D eigenvalue weighted by molar-refractivity contribution is 5.81. The molecule has 0 bridgehead atoms. The van der Waals surface area contributed by atoms with Crippen LogP contribution in [0.5, 0.6) is 0 Å². The van der Waals surface area contributed by atoms with E-state index in [0.29, 0.717) is 6.67 Å². The first-order valence-electron chi connectivity index (χ1n) is 8.42. The Morgan fingerprint density at radius 3 is 2.88 bits per heavy atom. The largest absolute Gasteiger partial charge is 0.468 e. The molecule has 0 saturated carbocycles. The Labute approximate surface area is 148 Å². The predicted octanol–water partition coefficient (Wildman–Crippen LogP) is 0.978. The second-order valence-electron chi connectivity index (χ2n) is 6.15. The van der Waals surface area contributed by atoms with Crippen molar-refractivity contribution in [2.75, 3.05) is 34.0 Å². The first-order chi connectivity index (χ1) is 12.1. The van der Waals surface area contributed by atoms with Gasteiger partial charge < -0.3 is 14.5 Å². The highest BCUT2D eigenvalue weighted by Gasteiger charge is 2.37. The van der Waals surface area contributed by atoms with E-state index in [-0.39, 0.29) is 18.6 Å². The van der Waals surface area contributed by atoms with Crippen molar-refractivity contribution in [1.29, 1.82) is 0 Å². The molecule has 0 aliphatic carbocycles. The first kappa shape index (κ1) is 17.5. The van der Waals surface area contributed by atoms with Crippen LogP contribution < -0.4 is 5.32 Å². The van der Waals surface area contributed by atoms with Crippen LogP contribution in [0.1, 0.15) is 20.3 Å². The Morgan fingerprint density at radius 1 is 1.40 bits per heavy atom. The maximum atomic E-state index is 11.5. The zero-order valence-electron chi connectivity index (χ0n) is 15.2. The summed E-state index contributed by atoms with van der Waals surface area (Å²) < 4.78 is 4.74. The lowest BCUT2D eigenvalue weighted by molar-refractivity contribution is -0.139. The van der Waals surface area contributed by atoms with Gasteiger partial charge in [0, 0.05) is 12.7 Å². The van der Waals surface area contributed by atoms with E-state index >= 15 is 0 Å². The zero-order valence-corrected chi connectivity index (χ0v) is 15.2. The van der Waals surface area contributed by atoms with Crippen LogP contribution in [0.3, 0.4) is 0 Å². The molecule has 25 heavy (non-hydrogen) atoms. The van der Waals surface area contributed by atoms with Crippen molar-refractivity contribution in [3.05, 3.63) is 35.2 Å². The van der Waals surface area contributed by atoms with Gasteiger partial charge in [0.25, 0.3) is 0 Å². The number of fused-ring (bicyclic) bond motifs is 2. The fraction of sp³-hybridized carbons (Fsp3) is 0.529. The van der Waals surface area contributed by atoms with Gasteiger partial charge in [0.15, 0.2) is 0 Å². The number of nitrogens with one attached hydrogen (secondary N) is 1. The van der Waals surface area contributed by atoms with Gasteiger partial charge in [-0.25, -0.2) is 5.06 Å². The van der Waals surface area contributed by atoms with Crippen molar-refractivity contribution in [2.45, 2.75) is 26.3 Å². The van der Waals surface area contributed by atoms with Gasteiger partial charge in [-0.2, -0.15) is 0 Å². The molecule has 1 unspecified atom stereocenters. The van der Waals surface area contributed by atoms with E-state index in [4.69, 9.17) is 14.6 Å². The van der Waals surface area contributed by atoms with Crippen molar-refractivity contribution in [3.8, 4) is 0 Å². The monoisotopic (exact) mass is 347 g/mol. The Bertz CT molecular complexity index is 667. The second kappa shape index (κ2) is 7.28. The predicted molar refractivity (Wildman–Crippen MR) is 93.7 cm³/mol. The molecule has 136 valence electrons. The quantitative estimate of drug-likeness (QED) is 0.718. The number of hydroxylamine groups is 2. The van der Waals surface area contributed by atoms with Crippen molar-refractivity contribution in [3.63, 3.8) is 0 Å². The summed E-state index contributed by atoms with van der Waals surface area (Å²) in [7, 11) is 3.04. The smallest absolute Gasteiger partial charge is 0.319 e. The van der Waals surface area contributed by atoms with Crippen molar-refractivity contribution < 1.29 is 14.4 Å². The van der Waals surface area contributed by atoms with E-state index < -0.39 is 0 Å². The molecule has 0 aromatic heterocycles.